The van der Waals surface area contributed by atoms with Crippen LogP contribution >= 0.6 is 23.8 Å². The van der Waals surface area contributed by atoms with Gasteiger partial charge in [-0.05, 0) is 79.5 Å². The number of halogens is 1. The quantitative estimate of drug-likeness (QED) is 0.154. The molecule has 4 heterocycles. The molecule has 6 rings (SSSR count). The van der Waals surface area contributed by atoms with E-state index < -0.39 is 0 Å². The first kappa shape index (κ1) is 26.3. The van der Waals surface area contributed by atoms with Crippen LogP contribution in [0.25, 0.3) is 5.69 Å². The summed E-state index contributed by atoms with van der Waals surface area (Å²) in [6.07, 6.45) is 5.99. The van der Waals surface area contributed by atoms with Crippen LogP contribution in [0.5, 0.6) is 0 Å². The number of rotatable bonds is 6. The monoisotopic (exact) mass is 572 g/mol. The molecule has 4 aromatic rings. The zero-order valence-electron chi connectivity index (χ0n) is 22.0. The van der Waals surface area contributed by atoms with Crippen LogP contribution in [0, 0.1) is 16.0 Å². The van der Waals surface area contributed by atoms with Gasteiger partial charge in [0.25, 0.3) is 5.69 Å². The van der Waals surface area contributed by atoms with E-state index in [0.717, 1.165) is 54.6 Å². The van der Waals surface area contributed by atoms with E-state index in [1.807, 2.05) is 53.2 Å². The molecule has 0 radical (unpaired) electrons. The Labute approximate surface area is 243 Å². The van der Waals surface area contributed by atoms with Crippen LogP contribution in [0.1, 0.15) is 43.2 Å². The van der Waals surface area contributed by atoms with Gasteiger partial charge in [-0.25, -0.2) is 0 Å². The van der Waals surface area contributed by atoms with E-state index in [1.54, 1.807) is 18.3 Å². The molecule has 1 N–H and O–H groups in total. The largest absolute Gasteiger partial charge is 0.370 e. The van der Waals surface area contributed by atoms with Gasteiger partial charge in [0.1, 0.15) is 6.04 Å². The third-order valence-corrected chi connectivity index (χ3v) is 8.45. The number of nitrogens with zero attached hydrogens (tertiary/aromatic N) is 5. The predicted molar refractivity (Wildman–Crippen MR) is 162 cm³/mol. The summed E-state index contributed by atoms with van der Waals surface area (Å²) in [5, 5.41) is 16.2. The van der Waals surface area contributed by atoms with Gasteiger partial charge in [-0.2, -0.15) is 0 Å². The highest BCUT2D eigenvalue weighted by atomic mass is 35.5. The lowest BCUT2D eigenvalue weighted by molar-refractivity contribution is -0.384. The molecule has 0 aliphatic carbocycles. The Kier molecular flexibility index (Phi) is 7.16. The molecular weight excluding hydrogens is 544 g/mol. The number of anilines is 2. The lowest BCUT2D eigenvalue weighted by atomic mass is 9.98. The van der Waals surface area contributed by atoms with Gasteiger partial charge in [0.15, 0.2) is 5.11 Å². The molecule has 40 heavy (non-hydrogen) atoms. The zero-order valence-corrected chi connectivity index (χ0v) is 23.6. The molecule has 0 spiro atoms. The highest BCUT2D eigenvalue weighted by Crippen LogP contribution is 2.44. The number of benzene rings is 2. The van der Waals surface area contributed by atoms with Gasteiger partial charge in [-0.15, -0.1) is 0 Å². The summed E-state index contributed by atoms with van der Waals surface area (Å²) in [6, 6.07) is 22.0. The molecule has 0 saturated carbocycles. The predicted octanol–water partition coefficient (Wildman–Crippen LogP) is 6.85. The third kappa shape index (κ3) is 4.91. The summed E-state index contributed by atoms with van der Waals surface area (Å²) >= 11 is 12.8. The molecule has 2 fully saturated rings. The zero-order chi connectivity index (χ0) is 27.8. The van der Waals surface area contributed by atoms with Crippen molar-refractivity contribution in [3.63, 3.8) is 0 Å². The molecule has 10 heteroatoms. The minimum Gasteiger partial charge on any atom is -0.370 e. The Bertz CT molecular complexity index is 1550. The molecule has 2 aromatic heterocycles. The van der Waals surface area contributed by atoms with Crippen LogP contribution in [0.3, 0.4) is 0 Å². The maximum Gasteiger partial charge on any atom is 0.271 e. The number of thiocarbonyl (C=S) groups is 1. The number of non-ortho nitro benzene ring substituents is 1. The second-order valence-electron chi connectivity index (χ2n) is 10.4. The Morgan fingerprint density at radius 3 is 2.58 bits per heavy atom. The van der Waals surface area contributed by atoms with Crippen molar-refractivity contribution in [2.45, 2.75) is 31.8 Å². The van der Waals surface area contributed by atoms with Gasteiger partial charge in [-0.1, -0.05) is 30.7 Å². The molecule has 8 nitrogen and oxygen atoms in total. The molecule has 0 bridgehead atoms. The topological polar surface area (TPSA) is 79.5 Å². The fraction of sp³-hybridized carbons (Fsp3) is 0.267. The fourth-order valence-corrected chi connectivity index (χ4v) is 6.35. The molecular formula is C30H29ClN6O2S. The summed E-state index contributed by atoms with van der Waals surface area (Å²) in [5.41, 5.74) is 4.38. The van der Waals surface area contributed by atoms with Gasteiger partial charge < -0.3 is 19.7 Å². The van der Waals surface area contributed by atoms with Crippen LogP contribution in [0.15, 0.2) is 85.2 Å². The number of hydrogen-bond acceptors (Lipinski definition) is 5. The average Bonchev–Trinajstić information content (AvgIpc) is 3.58. The standard InChI is InChI=1S/C30H29ClN6O2S/c1-20-12-16-34(17-13-20)26-11-10-22(19-24(26)31)36-29(28(33-30(36)40)25-8-2-3-14-32-25)27-9-5-15-35(27)21-6-4-7-23(18-21)37(38)39/h2-11,14-15,18-20,28-29H,12-13,16-17H2,1H3,(H,33,40)/t28-,29-/m1/s1. The lowest BCUT2D eigenvalue weighted by Gasteiger charge is -2.33. The number of hydrogen-bond donors (Lipinski definition) is 1. The molecule has 2 aromatic carbocycles. The Morgan fingerprint density at radius 2 is 1.85 bits per heavy atom. The number of aromatic nitrogens is 2. The number of pyridine rings is 1. The van der Waals surface area contributed by atoms with Crippen LogP contribution in [-0.4, -0.2) is 32.7 Å². The van der Waals surface area contributed by atoms with Gasteiger partial charge in [0.05, 0.1) is 33.1 Å². The second-order valence-corrected chi connectivity index (χ2v) is 11.2. The molecule has 2 aliphatic rings. The lowest BCUT2D eigenvalue weighted by Crippen LogP contribution is -2.33. The molecule has 204 valence electrons. The van der Waals surface area contributed by atoms with Gasteiger partial charge in [0, 0.05) is 49.0 Å². The van der Waals surface area contributed by atoms with E-state index >= 15 is 0 Å². The normalized spacial score (nSPS) is 19.6. The van der Waals surface area contributed by atoms with E-state index in [4.69, 9.17) is 23.8 Å². The highest BCUT2D eigenvalue weighted by Gasteiger charge is 2.42. The molecule has 0 unspecified atom stereocenters. The maximum absolute atomic E-state index is 11.5. The van der Waals surface area contributed by atoms with E-state index in [-0.39, 0.29) is 22.7 Å². The fourth-order valence-electron chi connectivity index (χ4n) is 5.71. The minimum absolute atomic E-state index is 0.0322. The van der Waals surface area contributed by atoms with Crippen molar-refractivity contribution in [1.82, 2.24) is 14.9 Å². The highest BCUT2D eigenvalue weighted by molar-refractivity contribution is 7.80. The summed E-state index contributed by atoms with van der Waals surface area (Å²) in [4.78, 5) is 20.2. The van der Waals surface area contributed by atoms with Gasteiger partial charge >= 0.3 is 0 Å². The third-order valence-electron chi connectivity index (χ3n) is 7.83. The Hall–Kier alpha value is -3.95. The Morgan fingerprint density at radius 1 is 1.02 bits per heavy atom. The summed E-state index contributed by atoms with van der Waals surface area (Å²) < 4.78 is 1.97. The van der Waals surface area contributed by atoms with Crippen molar-refractivity contribution >= 4 is 46.0 Å². The summed E-state index contributed by atoms with van der Waals surface area (Å²) in [6.45, 7) is 4.28. The van der Waals surface area contributed by atoms with E-state index in [1.165, 1.54) is 6.07 Å². The first-order valence-corrected chi connectivity index (χ1v) is 14.2. The van der Waals surface area contributed by atoms with E-state index in [9.17, 15) is 10.1 Å². The summed E-state index contributed by atoms with van der Waals surface area (Å²) in [5.74, 6) is 0.730. The van der Waals surface area contributed by atoms with Gasteiger partial charge in [0.2, 0.25) is 0 Å². The molecule has 2 aliphatic heterocycles. The second kappa shape index (κ2) is 10.9. The van der Waals surface area contributed by atoms with Crippen molar-refractivity contribution < 1.29 is 4.92 Å². The first-order valence-electron chi connectivity index (χ1n) is 13.4. The van der Waals surface area contributed by atoms with Crippen LogP contribution < -0.4 is 15.1 Å². The van der Waals surface area contributed by atoms with Crippen LogP contribution in [0.2, 0.25) is 5.02 Å². The SMILES string of the molecule is CC1CCN(c2ccc(N3C(=S)N[C@H](c4ccccn4)[C@H]3c3cccn3-c3cccc([N+](=O)[O-])c3)cc2Cl)CC1. The number of nitrogens with one attached hydrogen (secondary N) is 1. The van der Waals surface area contributed by atoms with E-state index in [2.05, 4.69) is 39.2 Å². The van der Waals surface area contributed by atoms with Crippen molar-refractivity contribution in [2.75, 3.05) is 22.9 Å². The molecule has 0 amide bonds. The summed E-state index contributed by atoms with van der Waals surface area (Å²) in [7, 11) is 0. The average molecular weight is 573 g/mol. The molecule has 2 saturated heterocycles. The van der Waals surface area contributed by atoms with E-state index in [0.29, 0.717) is 15.8 Å². The number of piperidine rings is 1. The van der Waals surface area contributed by atoms with Gasteiger partial charge in [-0.3, -0.25) is 15.1 Å². The number of nitro groups is 1. The minimum atomic E-state index is -0.380. The maximum atomic E-state index is 11.5. The van der Waals surface area contributed by atoms with Crippen molar-refractivity contribution in [2.24, 2.45) is 5.92 Å². The van der Waals surface area contributed by atoms with Crippen LogP contribution in [-0.2, 0) is 0 Å². The van der Waals surface area contributed by atoms with Crippen molar-refractivity contribution in [3.8, 4) is 5.69 Å². The van der Waals surface area contributed by atoms with Crippen molar-refractivity contribution in [3.05, 3.63) is 112 Å². The Balaban J connectivity index is 1.43. The molecule has 2 atom stereocenters. The first-order chi connectivity index (χ1) is 19.4. The number of nitro benzene ring substituents is 1. The van der Waals surface area contributed by atoms with Crippen LogP contribution in [0.4, 0.5) is 17.1 Å². The smallest absolute Gasteiger partial charge is 0.271 e. The van der Waals surface area contributed by atoms with Crippen molar-refractivity contribution in [1.29, 1.82) is 0 Å².